The van der Waals surface area contributed by atoms with Crippen molar-refractivity contribution >= 4 is 34.7 Å². The van der Waals surface area contributed by atoms with Crippen molar-refractivity contribution in [1.82, 2.24) is 5.32 Å². The zero-order valence-corrected chi connectivity index (χ0v) is 15.5. The fraction of sp³-hybridized carbons (Fsp3) is 0.350. The van der Waals surface area contributed by atoms with Gasteiger partial charge >= 0.3 is 0 Å². The number of amidine groups is 1. The second-order valence-electron chi connectivity index (χ2n) is 6.90. The number of nitrogens with one attached hydrogen (secondary N) is 2. The maximum absolute atomic E-state index is 6.43. The maximum atomic E-state index is 6.43. The molecule has 0 atom stereocenters. The van der Waals surface area contributed by atoms with Gasteiger partial charge in [-0.25, -0.2) is 0 Å². The van der Waals surface area contributed by atoms with Crippen LogP contribution in [0.25, 0.3) is 0 Å². The van der Waals surface area contributed by atoms with E-state index >= 15 is 0 Å². The van der Waals surface area contributed by atoms with Crippen LogP contribution < -0.4 is 10.6 Å². The molecule has 2 aromatic rings. The van der Waals surface area contributed by atoms with Gasteiger partial charge in [-0.2, -0.15) is 0 Å². The van der Waals surface area contributed by atoms with Crippen LogP contribution in [-0.4, -0.2) is 18.9 Å². The van der Waals surface area contributed by atoms with E-state index in [1.165, 1.54) is 5.56 Å². The molecule has 0 amide bonds. The van der Waals surface area contributed by atoms with Crippen LogP contribution in [0.5, 0.6) is 0 Å². The van der Waals surface area contributed by atoms with Gasteiger partial charge in [0.2, 0.25) is 0 Å². The Morgan fingerprint density at radius 3 is 2.64 bits per heavy atom. The van der Waals surface area contributed by atoms with Crippen LogP contribution in [0.3, 0.4) is 0 Å². The zero-order chi connectivity index (χ0) is 17.3. The van der Waals surface area contributed by atoms with Crippen molar-refractivity contribution in [3.8, 4) is 0 Å². The number of rotatable bonds is 2. The van der Waals surface area contributed by atoms with Crippen molar-refractivity contribution in [1.29, 1.82) is 0 Å². The van der Waals surface area contributed by atoms with Gasteiger partial charge in [0.15, 0.2) is 0 Å². The topological polar surface area (TPSA) is 36.4 Å². The number of anilines is 1. The first-order valence-electron chi connectivity index (χ1n) is 8.71. The summed E-state index contributed by atoms with van der Waals surface area (Å²) in [5, 5.41) is 8.55. The molecule has 1 saturated heterocycles. The van der Waals surface area contributed by atoms with Crippen molar-refractivity contribution in [3.05, 3.63) is 63.6 Å². The molecule has 5 heteroatoms. The molecule has 130 valence electrons. The second kappa shape index (κ2) is 6.99. The van der Waals surface area contributed by atoms with Crippen molar-refractivity contribution in [3.63, 3.8) is 0 Å². The number of para-hydroxylation sites is 1. The third-order valence-corrected chi connectivity index (χ3v) is 5.79. The van der Waals surface area contributed by atoms with E-state index in [0.717, 1.165) is 59.5 Å². The number of halogens is 2. The smallest absolute Gasteiger partial charge is 0.108 e. The first kappa shape index (κ1) is 16.9. The SMILES string of the molecule is Clc1cccc(CN=C2Nc3c(Cl)cccc3CC23CCNCC3)c1. The van der Waals surface area contributed by atoms with Crippen LogP contribution in [0.15, 0.2) is 47.5 Å². The van der Waals surface area contributed by atoms with E-state index in [2.05, 4.69) is 22.8 Å². The third-order valence-electron chi connectivity index (χ3n) is 5.24. The van der Waals surface area contributed by atoms with Gasteiger partial charge in [0, 0.05) is 10.4 Å². The minimum atomic E-state index is 0.0709. The molecule has 2 aliphatic heterocycles. The summed E-state index contributed by atoms with van der Waals surface area (Å²) in [6.07, 6.45) is 3.16. The summed E-state index contributed by atoms with van der Waals surface area (Å²) in [6, 6.07) is 14.0. The molecular weight excluding hydrogens is 353 g/mol. The molecule has 0 aliphatic carbocycles. The molecular formula is C20H21Cl2N3. The molecule has 4 rings (SSSR count). The van der Waals surface area contributed by atoms with Gasteiger partial charge in [0.05, 0.1) is 17.3 Å². The normalized spacial score (nSPS) is 20.3. The Bertz CT molecular complexity index is 810. The van der Waals surface area contributed by atoms with Crippen LogP contribution in [0, 0.1) is 5.41 Å². The second-order valence-corrected chi connectivity index (χ2v) is 7.74. The van der Waals surface area contributed by atoms with Gasteiger partial charge in [-0.05, 0) is 61.7 Å². The average Bonchev–Trinajstić information content (AvgIpc) is 2.61. The third kappa shape index (κ3) is 3.41. The maximum Gasteiger partial charge on any atom is 0.108 e. The lowest BCUT2D eigenvalue weighted by Crippen LogP contribution is -2.48. The Balaban J connectivity index is 1.69. The first-order valence-corrected chi connectivity index (χ1v) is 9.46. The van der Waals surface area contributed by atoms with E-state index < -0.39 is 0 Å². The quantitative estimate of drug-likeness (QED) is 0.782. The fourth-order valence-corrected chi connectivity index (χ4v) is 4.34. The summed E-state index contributed by atoms with van der Waals surface area (Å²) in [4.78, 5) is 4.97. The Morgan fingerprint density at radius 2 is 1.84 bits per heavy atom. The highest BCUT2D eigenvalue weighted by molar-refractivity contribution is 6.34. The minimum absolute atomic E-state index is 0.0709. The molecule has 0 saturated carbocycles. The van der Waals surface area contributed by atoms with Gasteiger partial charge in [0.1, 0.15) is 5.84 Å². The highest BCUT2D eigenvalue weighted by Crippen LogP contribution is 2.43. The molecule has 1 fully saturated rings. The summed E-state index contributed by atoms with van der Waals surface area (Å²) >= 11 is 12.5. The highest BCUT2D eigenvalue weighted by atomic mass is 35.5. The van der Waals surface area contributed by atoms with E-state index in [4.69, 9.17) is 28.2 Å². The lowest BCUT2D eigenvalue weighted by Gasteiger charge is -2.43. The molecule has 0 bridgehead atoms. The van der Waals surface area contributed by atoms with Crippen molar-refractivity contribution in [2.75, 3.05) is 18.4 Å². The number of aliphatic imine (C=N–C) groups is 1. The fourth-order valence-electron chi connectivity index (χ4n) is 3.89. The number of hydrogen-bond donors (Lipinski definition) is 2. The predicted octanol–water partition coefficient (Wildman–Crippen LogP) is 4.93. The molecule has 0 unspecified atom stereocenters. The van der Waals surface area contributed by atoms with Gasteiger partial charge in [-0.15, -0.1) is 0 Å². The van der Waals surface area contributed by atoms with Crippen molar-refractivity contribution < 1.29 is 0 Å². The summed E-state index contributed by atoms with van der Waals surface area (Å²) in [5.41, 5.74) is 3.49. The molecule has 1 spiro atoms. The number of hydrogen-bond acceptors (Lipinski definition) is 2. The number of piperidine rings is 1. The van der Waals surface area contributed by atoms with E-state index in [1.807, 2.05) is 30.3 Å². The van der Waals surface area contributed by atoms with E-state index in [9.17, 15) is 0 Å². The van der Waals surface area contributed by atoms with Crippen LogP contribution >= 0.6 is 23.2 Å². The summed E-state index contributed by atoms with van der Waals surface area (Å²) in [5.74, 6) is 1.06. The molecule has 25 heavy (non-hydrogen) atoms. The average molecular weight is 374 g/mol. The van der Waals surface area contributed by atoms with E-state index in [-0.39, 0.29) is 5.41 Å². The molecule has 3 nitrogen and oxygen atoms in total. The summed E-state index contributed by atoms with van der Waals surface area (Å²) < 4.78 is 0. The van der Waals surface area contributed by atoms with Crippen LogP contribution in [0.2, 0.25) is 10.0 Å². The summed E-state index contributed by atoms with van der Waals surface area (Å²) in [6.45, 7) is 2.67. The lowest BCUT2D eigenvalue weighted by atomic mass is 9.71. The summed E-state index contributed by atoms with van der Waals surface area (Å²) in [7, 11) is 0. The Morgan fingerprint density at radius 1 is 1.04 bits per heavy atom. The highest BCUT2D eigenvalue weighted by Gasteiger charge is 2.41. The van der Waals surface area contributed by atoms with Crippen molar-refractivity contribution in [2.45, 2.75) is 25.8 Å². The Hall–Kier alpha value is -1.55. The lowest BCUT2D eigenvalue weighted by molar-refractivity contribution is 0.293. The molecule has 0 aromatic heterocycles. The van der Waals surface area contributed by atoms with Crippen LogP contribution in [-0.2, 0) is 13.0 Å². The molecule has 0 radical (unpaired) electrons. The van der Waals surface area contributed by atoms with Gasteiger partial charge in [-0.1, -0.05) is 47.5 Å². The Labute approximate surface area is 158 Å². The standard InChI is InChI=1S/C20H21Cl2N3/c21-16-5-1-3-14(11-16)13-24-19-20(7-9-23-10-8-20)12-15-4-2-6-17(22)18(15)25-19/h1-6,11,23H,7-10,12-13H2,(H,24,25). The number of fused-ring (bicyclic) bond motifs is 1. The van der Waals surface area contributed by atoms with E-state index in [1.54, 1.807) is 0 Å². The van der Waals surface area contributed by atoms with Gasteiger partial charge in [-0.3, -0.25) is 4.99 Å². The predicted molar refractivity (Wildman–Crippen MR) is 106 cm³/mol. The number of benzene rings is 2. The minimum Gasteiger partial charge on any atom is -0.342 e. The molecule has 2 heterocycles. The monoisotopic (exact) mass is 373 g/mol. The van der Waals surface area contributed by atoms with Gasteiger partial charge < -0.3 is 10.6 Å². The molecule has 2 N–H and O–H groups in total. The van der Waals surface area contributed by atoms with Crippen LogP contribution in [0.4, 0.5) is 5.69 Å². The zero-order valence-electron chi connectivity index (χ0n) is 14.0. The Kier molecular flexibility index (Phi) is 4.72. The van der Waals surface area contributed by atoms with Crippen LogP contribution in [0.1, 0.15) is 24.0 Å². The molecule has 2 aliphatic rings. The van der Waals surface area contributed by atoms with Gasteiger partial charge in [0.25, 0.3) is 0 Å². The first-order chi connectivity index (χ1) is 12.2. The number of nitrogens with zero attached hydrogens (tertiary/aromatic N) is 1. The largest absolute Gasteiger partial charge is 0.342 e. The van der Waals surface area contributed by atoms with E-state index in [0.29, 0.717) is 6.54 Å². The molecule has 2 aromatic carbocycles. The van der Waals surface area contributed by atoms with Crippen molar-refractivity contribution in [2.24, 2.45) is 10.4 Å².